The van der Waals surface area contributed by atoms with Crippen LogP contribution in [-0.4, -0.2) is 77.2 Å². The molecule has 36 heavy (non-hydrogen) atoms. The number of Topliss-reactive ketones (excluding diaryl/α,β-unsaturated/α-hetero) is 1. The van der Waals surface area contributed by atoms with Gasteiger partial charge in [0.05, 0.1) is 30.9 Å². The SMILES string of the molecule is Cc1cc(/C(O)=C2\C(=O)C(=O)N(CCCN3CCOCC3)[C@H]2c2ccc(O)cc2)ccc1OC(C)C. The molecule has 2 heterocycles. The van der Waals surface area contributed by atoms with E-state index in [-0.39, 0.29) is 23.2 Å². The first-order valence-electron chi connectivity index (χ1n) is 12.4. The van der Waals surface area contributed by atoms with Crippen LogP contribution in [0, 0.1) is 6.92 Å². The summed E-state index contributed by atoms with van der Waals surface area (Å²) in [7, 11) is 0. The molecule has 2 N–H and O–H groups in total. The Kier molecular flexibility index (Phi) is 7.96. The Morgan fingerprint density at radius 3 is 2.42 bits per heavy atom. The summed E-state index contributed by atoms with van der Waals surface area (Å²) >= 11 is 0. The van der Waals surface area contributed by atoms with Crippen LogP contribution in [0.4, 0.5) is 0 Å². The molecule has 2 aromatic rings. The van der Waals surface area contributed by atoms with Crippen LogP contribution in [0.2, 0.25) is 0 Å². The zero-order chi connectivity index (χ0) is 25.8. The van der Waals surface area contributed by atoms with E-state index in [1.54, 1.807) is 30.3 Å². The summed E-state index contributed by atoms with van der Waals surface area (Å²) in [6.07, 6.45) is 0.683. The highest BCUT2D eigenvalue weighted by atomic mass is 16.5. The van der Waals surface area contributed by atoms with Crippen LogP contribution in [-0.2, 0) is 14.3 Å². The first kappa shape index (κ1) is 25.7. The maximum atomic E-state index is 13.2. The van der Waals surface area contributed by atoms with Crippen molar-refractivity contribution in [1.29, 1.82) is 0 Å². The number of aliphatic hydroxyl groups is 1. The number of carbonyl (C=O) groups excluding carboxylic acids is 2. The van der Waals surface area contributed by atoms with Crippen molar-refractivity contribution in [2.24, 2.45) is 0 Å². The molecular weight excluding hydrogens is 460 g/mol. The first-order valence-corrected chi connectivity index (χ1v) is 12.4. The molecule has 1 atom stereocenters. The number of benzene rings is 2. The number of nitrogens with zero attached hydrogens (tertiary/aromatic N) is 2. The van der Waals surface area contributed by atoms with Crippen LogP contribution in [0.3, 0.4) is 0 Å². The summed E-state index contributed by atoms with van der Waals surface area (Å²) in [4.78, 5) is 30.2. The first-order chi connectivity index (χ1) is 17.3. The smallest absolute Gasteiger partial charge is 0.295 e. The Morgan fingerprint density at radius 2 is 1.78 bits per heavy atom. The monoisotopic (exact) mass is 494 g/mol. The van der Waals surface area contributed by atoms with E-state index < -0.39 is 17.7 Å². The van der Waals surface area contributed by atoms with Crippen molar-refractivity contribution in [2.75, 3.05) is 39.4 Å². The number of amides is 1. The summed E-state index contributed by atoms with van der Waals surface area (Å²) in [5.41, 5.74) is 1.96. The van der Waals surface area contributed by atoms with Gasteiger partial charge in [0.25, 0.3) is 11.7 Å². The molecule has 2 fully saturated rings. The van der Waals surface area contributed by atoms with E-state index >= 15 is 0 Å². The molecule has 8 heteroatoms. The highest BCUT2D eigenvalue weighted by Crippen LogP contribution is 2.40. The number of carbonyl (C=O) groups is 2. The number of likely N-dealkylation sites (tertiary alicyclic amines) is 1. The van der Waals surface area contributed by atoms with Gasteiger partial charge in [-0.2, -0.15) is 0 Å². The molecule has 192 valence electrons. The third kappa shape index (κ3) is 5.55. The summed E-state index contributed by atoms with van der Waals surface area (Å²) in [5, 5.41) is 21.1. The summed E-state index contributed by atoms with van der Waals surface area (Å²) in [6, 6.07) is 10.9. The molecule has 0 spiro atoms. The summed E-state index contributed by atoms with van der Waals surface area (Å²) in [5.74, 6) is -0.786. The molecule has 2 aliphatic heterocycles. The normalized spacial score (nSPS) is 20.3. The maximum absolute atomic E-state index is 13.2. The van der Waals surface area contributed by atoms with E-state index in [0.29, 0.717) is 43.1 Å². The number of aliphatic hydroxyl groups excluding tert-OH is 1. The third-order valence-corrected chi connectivity index (χ3v) is 6.54. The number of rotatable bonds is 8. The van der Waals surface area contributed by atoms with Crippen molar-refractivity contribution in [1.82, 2.24) is 9.80 Å². The van der Waals surface area contributed by atoms with E-state index in [0.717, 1.165) is 25.2 Å². The van der Waals surface area contributed by atoms with E-state index in [1.165, 1.54) is 17.0 Å². The Morgan fingerprint density at radius 1 is 1.08 bits per heavy atom. The molecule has 0 unspecified atom stereocenters. The van der Waals surface area contributed by atoms with Crippen molar-refractivity contribution in [3.05, 3.63) is 64.7 Å². The fourth-order valence-electron chi connectivity index (χ4n) is 4.74. The van der Waals surface area contributed by atoms with E-state index in [1.807, 2.05) is 20.8 Å². The largest absolute Gasteiger partial charge is 0.508 e. The van der Waals surface area contributed by atoms with E-state index in [2.05, 4.69) is 4.90 Å². The lowest BCUT2D eigenvalue weighted by Crippen LogP contribution is -2.38. The minimum Gasteiger partial charge on any atom is -0.508 e. The predicted octanol–water partition coefficient (Wildman–Crippen LogP) is 3.63. The number of morpholine rings is 1. The van der Waals surface area contributed by atoms with Crippen molar-refractivity contribution >= 4 is 17.4 Å². The van der Waals surface area contributed by atoms with Gasteiger partial charge in [-0.05, 0) is 68.7 Å². The van der Waals surface area contributed by atoms with Crippen LogP contribution in [0.1, 0.15) is 43.0 Å². The van der Waals surface area contributed by atoms with Crippen LogP contribution < -0.4 is 4.74 Å². The predicted molar refractivity (Wildman–Crippen MR) is 136 cm³/mol. The number of phenols is 1. The average Bonchev–Trinajstić information content (AvgIpc) is 3.11. The number of aryl methyl sites for hydroxylation is 1. The van der Waals surface area contributed by atoms with Crippen LogP contribution in [0.5, 0.6) is 11.5 Å². The second-order valence-corrected chi connectivity index (χ2v) is 9.54. The van der Waals surface area contributed by atoms with E-state index in [9.17, 15) is 19.8 Å². The van der Waals surface area contributed by atoms with Crippen molar-refractivity contribution < 1.29 is 29.3 Å². The van der Waals surface area contributed by atoms with Gasteiger partial charge in [-0.3, -0.25) is 14.5 Å². The Bertz CT molecular complexity index is 1140. The zero-order valence-electron chi connectivity index (χ0n) is 21.1. The van der Waals surface area contributed by atoms with Gasteiger partial charge in [-0.25, -0.2) is 0 Å². The highest BCUT2D eigenvalue weighted by Gasteiger charge is 2.45. The average molecular weight is 495 g/mol. The Balaban J connectivity index is 1.67. The van der Waals surface area contributed by atoms with Crippen LogP contribution >= 0.6 is 0 Å². The van der Waals surface area contributed by atoms with Gasteiger partial charge in [0.2, 0.25) is 0 Å². The second-order valence-electron chi connectivity index (χ2n) is 9.54. The molecule has 0 aromatic heterocycles. The van der Waals surface area contributed by atoms with Gasteiger partial charge < -0.3 is 24.6 Å². The third-order valence-electron chi connectivity index (χ3n) is 6.54. The Hall–Kier alpha value is -3.36. The molecule has 2 aromatic carbocycles. The minimum absolute atomic E-state index is 0.000399. The van der Waals surface area contributed by atoms with Gasteiger partial charge in [0.1, 0.15) is 17.3 Å². The summed E-state index contributed by atoms with van der Waals surface area (Å²) < 4.78 is 11.2. The molecule has 0 radical (unpaired) electrons. The van der Waals surface area contributed by atoms with Crippen molar-refractivity contribution in [3.63, 3.8) is 0 Å². The highest BCUT2D eigenvalue weighted by molar-refractivity contribution is 6.46. The second kappa shape index (κ2) is 11.1. The van der Waals surface area contributed by atoms with Gasteiger partial charge >= 0.3 is 0 Å². The molecule has 0 saturated carbocycles. The number of hydrogen-bond acceptors (Lipinski definition) is 7. The quantitative estimate of drug-likeness (QED) is 0.328. The molecule has 4 rings (SSSR count). The van der Waals surface area contributed by atoms with Crippen LogP contribution in [0.25, 0.3) is 5.76 Å². The number of aromatic hydroxyl groups is 1. The molecule has 0 bridgehead atoms. The molecular formula is C28H34N2O6. The number of hydrogen-bond donors (Lipinski definition) is 2. The lowest BCUT2D eigenvalue weighted by molar-refractivity contribution is -0.140. The molecule has 1 amide bonds. The van der Waals surface area contributed by atoms with Crippen LogP contribution in [0.15, 0.2) is 48.0 Å². The molecule has 2 aliphatic rings. The topological polar surface area (TPSA) is 99.5 Å². The van der Waals surface area contributed by atoms with Gasteiger partial charge in [-0.1, -0.05) is 12.1 Å². The van der Waals surface area contributed by atoms with Gasteiger partial charge in [0.15, 0.2) is 0 Å². The number of ether oxygens (including phenoxy) is 2. The van der Waals surface area contributed by atoms with Gasteiger partial charge in [0, 0.05) is 31.7 Å². The lowest BCUT2D eigenvalue weighted by atomic mass is 9.94. The fraction of sp³-hybridized carbons (Fsp3) is 0.429. The summed E-state index contributed by atoms with van der Waals surface area (Å²) in [6.45, 7) is 9.96. The molecule has 0 aliphatic carbocycles. The fourth-order valence-corrected chi connectivity index (χ4v) is 4.74. The van der Waals surface area contributed by atoms with Crippen molar-refractivity contribution in [3.8, 4) is 11.5 Å². The number of ketones is 1. The Labute approximate surface area is 211 Å². The zero-order valence-corrected chi connectivity index (χ0v) is 21.1. The molecule has 8 nitrogen and oxygen atoms in total. The van der Waals surface area contributed by atoms with Crippen molar-refractivity contribution in [2.45, 2.75) is 39.3 Å². The minimum atomic E-state index is -0.748. The standard InChI is InChI=1S/C28H34N2O6/c1-18(2)36-23-10-7-21(17-19(23)3)26(32)24-25(20-5-8-22(31)9-6-20)30(28(34)27(24)33)12-4-11-29-13-15-35-16-14-29/h5-10,17-18,25,31-32H,4,11-16H2,1-3H3/b26-24+/t25-/m0/s1. The lowest BCUT2D eigenvalue weighted by Gasteiger charge is -2.29. The van der Waals surface area contributed by atoms with E-state index in [4.69, 9.17) is 9.47 Å². The number of phenolic OH excluding ortho intramolecular Hbond substituents is 1. The van der Waals surface area contributed by atoms with Gasteiger partial charge in [-0.15, -0.1) is 0 Å². The molecule has 2 saturated heterocycles. The maximum Gasteiger partial charge on any atom is 0.295 e.